The minimum Gasteiger partial charge on any atom is -0.383 e. The molecule has 2 heterocycles. The van der Waals surface area contributed by atoms with E-state index in [4.69, 9.17) is 22.1 Å². The zero-order chi connectivity index (χ0) is 13.3. The van der Waals surface area contributed by atoms with Crippen LogP contribution < -0.4 is 11.4 Å². The van der Waals surface area contributed by atoms with Crippen molar-refractivity contribution in [1.82, 2.24) is 9.55 Å². The molecule has 3 atom stereocenters. The largest absolute Gasteiger partial charge is 0.383 e. The lowest BCUT2D eigenvalue weighted by molar-refractivity contribution is -0.0726. The van der Waals surface area contributed by atoms with Crippen molar-refractivity contribution in [3.8, 4) is 0 Å². The van der Waals surface area contributed by atoms with Crippen LogP contribution in [0.15, 0.2) is 17.1 Å². The Labute approximate surface area is 111 Å². The Morgan fingerprint density at radius 3 is 2.94 bits per heavy atom. The van der Waals surface area contributed by atoms with Crippen molar-refractivity contribution < 1.29 is 4.74 Å². The van der Waals surface area contributed by atoms with Gasteiger partial charge in [0.2, 0.25) is 0 Å². The normalized spacial score (nSPS) is 31.7. The van der Waals surface area contributed by atoms with Gasteiger partial charge in [0.25, 0.3) is 0 Å². The van der Waals surface area contributed by atoms with Gasteiger partial charge in [-0.25, -0.2) is 4.79 Å². The molecule has 1 aliphatic rings. The molecular formula is C12H18ClN3O2. The monoisotopic (exact) mass is 271 g/mol. The Balaban J connectivity index is 2.30. The molecule has 1 fully saturated rings. The van der Waals surface area contributed by atoms with Crippen molar-refractivity contribution in [2.45, 2.75) is 38.5 Å². The van der Waals surface area contributed by atoms with Gasteiger partial charge >= 0.3 is 5.69 Å². The van der Waals surface area contributed by atoms with Crippen LogP contribution >= 0.6 is 11.6 Å². The van der Waals surface area contributed by atoms with Crippen LogP contribution in [0.3, 0.4) is 0 Å². The maximum absolute atomic E-state index is 11.8. The number of hydrogen-bond acceptors (Lipinski definition) is 4. The fourth-order valence-electron chi connectivity index (χ4n) is 2.46. The summed E-state index contributed by atoms with van der Waals surface area (Å²) in [5.74, 6) is 0.953. The Hall–Kier alpha value is -1.07. The van der Waals surface area contributed by atoms with E-state index in [-0.39, 0.29) is 23.3 Å². The summed E-state index contributed by atoms with van der Waals surface area (Å²) in [7, 11) is 0. The average Bonchev–Trinajstić information content (AvgIpc) is 2.67. The molecular weight excluding hydrogens is 254 g/mol. The van der Waals surface area contributed by atoms with Gasteiger partial charge in [0.15, 0.2) is 0 Å². The molecule has 0 radical (unpaired) electrons. The molecule has 1 aliphatic heterocycles. The standard InChI is InChI=1S/C12H18ClN3O2/c1-3-12(7-13)8(2)6-10(18-12)16-5-4-9(14)15-11(16)17/h4-5,8,10H,3,6-7H2,1-2H3,(H2,14,15,17)/t8-,10-,12+/m1/s1. The first-order valence-electron chi connectivity index (χ1n) is 6.11. The lowest BCUT2D eigenvalue weighted by atomic mass is 9.88. The molecule has 0 amide bonds. The quantitative estimate of drug-likeness (QED) is 0.851. The number of nitrogens with two attached hydrogens (primary N) is 1. The summed E-state index contributed by atoms with van der Waals surface area (Å²) < 4.78 is 7.50. The summed E-state index contributed by atoms with van der Waals surface area (Å²) in [4.78, 5) is 15.5. The lowest BCUT2D eigenvalue weighted by Crippen LogP contribution is -2.36. The van der Waals surface area contributed by atoms with Crippen LogP contribution in [0.5, 0.6) is 0 Å². The Morgan fingerprint density at radius 1 is 1.72 bits per heavy atom. The fourth-order valence-corrected chi connectivity index (χ4v) is 2.97. The van der Waals surface area contributed by atoms with E-state index in [0.717, 1.165) is 12.8 Å². The van der Waals surface area contributed by atoms with E-state index in [1.54, 1.807) is 12.3 Å². The third kappa shape index (κ3) is 2.12. The fraction of sp³-hybridized carbons (Fsp3) is 0.667. The van der Waals surface area contributed by atoms with Gasteiger partial charge < -0.3 is 10.5 Å². The first-order chi connectivity index (χ1) is 8.52. The van der Waals surface area contributed by atoms with Gasteiger partial charge in [-0.05, 0) is 24.8 Å². The number of aromatic nitrogens is 2. The van der Waals surface area contributed by atoms with Gasteiger partial charge in [-0.3, -0.25) is 4.57 Å². The zero-order valence-electron chi connectivity index (χ0n) is 10.6. The molecule has 0 aromatic carbocycles. The molecule has 1 aromatic rings. The van der Waals surface area contributed by atoms with Gasteiger partial charge in [-0.1, -0.05) is 13.8 Å². The van der Waals surface area contributed by atoms with Crippen LogP contribution in [0.4, 0.5) is 5.82 Å². The van der Waals surface area contributed by atoms with Crippen molar-refractivity contribution in [3.63, 3.8) is 0 Å². The molecule has 0 saturated carbocycles. The number of nitrogens with zero attached hydrogens (tertiary/aromatic N) is 2. The van der Waals surface area contributed by atoms with Crippen molar-refractivity contribution in [2.24, 2.45) is 5.92 Å². The van der Waals surface area contributed by atoms with Crippen molar-refractivity contribution in [2.75, 3.05) is 11.6 Å². The molecule has 2 rings (SSSR count). The van der Waals surface area contributed by atoms with Crippen molar-refractivity contribution >= 4 is 17.4 Å². The zero-order valence-corrected chi connectivity index (χ0v) is 11.4. The van der Waals surface area contributed by atoms with E-state index >= 15 is 0 Å². The predicted molar refractivity (Wildman–Crippen MR) is 70.6 cm³/mol. The summed E-state index contributed by atoms with van der Waals surface area (Å²) in [6.45, 7) is 4.15. The highest BCUT2D eigenvalue weighted by molar-refractivity contribution is 6.18. The molecule has 100 valence electrons. The molecule has 1 aromatic heterocycles. The van der Waals surface area contributed by atoms with Crippen LogP contribution in [0.25, 0.3) is 0 Å². The second-order valence-corrected chi connectivity index (χ2v) is 5.07. The van der Waals surface area contributed by atoms with Gasteiger partial charge in [0, 0.05) is 6.20 Å². The predicted octanol–water partition coefficient (Wildman–Crippen LogP) is 1.77. The van der Waals surface area contributed by atoms with E-state index in [1.165, 1.54) is 4.57 Å². The number of alkyl halides is 1. The second kappa shape index (κ2) is 4.90. The molecule has 0 aliphatic carbocycles. The maximum Gasteiger partial charge on any atom is 0.351 e. The summed E-state index contributed by atoms with van der Waals surface area (Å²) in [6.07, 6.45) is 2.90. The SMILES string of the molecule is CC[C@@]1(CCl)O[C@@H](n2ccc(N)nc2=O)C[C@H]1C. The second-order valence-electron chi connectivity index (χ2n) is 4.80. The van der Waals surface area contributed by atoms with Crippen LogP contribution in [0.2, 0.25) is 0 Å². The molecule has 5 nitrogen and oxygen atoms in total. The van der Waals surface area contributed by atoms with E-state index in [9.17, 15) is 4.79 Å². The number of rotatable bonds is 3. The minimum atomic E-state index is -0.381. The molecule has 2 N–H and O–H groups in total. The highest BCUT2D eigenvalue weighted by Gasteiger charge is 2.45. The van der Waals surface area contributed by atoms with Crippen LogP contribution in [0.1, 0.15) is 32.9 Å². The lowest BCUT2D eigenvalue weighted by Gasteiger charge is -2.29. The molecule has 0 bridgehead atoms. The summed E-state index contributed by atoms with van der Waals surface area (Å²) in [6, 6.07) is 1.60. The Bertz CT molecular complexity index is 484. The van der Waals surface area contributed by atoms with Crippen molar-refractivity contribution in [1.29, 1.82) is 0 Å². The van der Waals surface area contributed by atoms with Gasteiger partial charge in [0.05, 0.1) is 11.5 Å². The average molecular weight is 272 g/mol. The van der Waals surface area contributed by atoms with Gasteiger partial charge in [0.1, 0.15) is 12.0 Å². The number of anilines is 1. The van der Waals surface area contributed by atoms with E-state index in [2.05, 4.69) is 11.9 Å². The van der Waals surface area contributed by atoms with E-state index < -0.39 is 0 Å². The van der Waals surface area contributed by atoms with Crippen LogP contribution in [-0.4, -0.2) is 21.0 Å². The number of halogens is 1. The van der Waals surface area contributed by atoms with Crippen LogP contribution in [0, 0.1) is 5.92 Å². The van der Waals surface area contributed by atoms with Crippen LogP contribution in [-0.2, 0) is 4.74 Å². The Kier molecular flexibility index (Phi) is 3.64. The smallest absolute Gasteiger partial charge is 0.351 e. The summed E-state index contributed by atoms with van der Waals surface area (Å²) >= 11 is 6.03. The number of nitrogen functional groups attached to an aromatic ring is 1. The molecule has 0 spiro atoms. The van der Waals surface area contributed by atoms with Gasteiger partial charge in [-0.15, -0.1) is 11.6 Å². The Morgan fingerprint density at radius 2 is 2.44 bits per heavy atom. The highest BCUT2D eigenvalue weighted by Crippen LogP contribution is 2.43. The first kappa shape index (κ1) is 13.4. The number of hydrogen-bond donors (Lipinski definition) is 1. The molecule has 18 heavy (non-hydrogen) atoms. The number of ether oxygens (including phenoxy) is 1. The highest BCUT2D eigenvalue weighted by atomic mass is 35.5. The summed E-state index contributed by atoms with van der Waals surface area (Å²) in [5, 5.41) is 0. The summed E-state index contributed by atoms with van der Waals surface area (Å²) in [5.41, 5.74) is 4.74. The minimum absolute atomic E-state index is 0.224. The van der Waals surface area contributed by atoms with E-state index in [1.807, 2.05) is 6.92 Å². The molecule has 0 unspecified atom stereocenters. The van der Waals surface area contributed by atoms with E-state index in [0.29, 0.717) is 11.8 Å². The maximum atomic E-state index is 11.8. The first-order valence-corrected chi connectivity index (χ1v) is 6.64. The third-order valence-electron chi connectivity index (χ3n) is 3.81. The molecule has 1 saturated heterocycles. The third-order valence-corrected chi connectivity index (χ3v) is 4.26. The van der Waals surface area contributed by atoms with Crippen molar-refractivity contribution in [3.05, 3.63) is 22.7 Å². The van der Waals surface area contributed by atoms with Gasteiger partial charge in [-0.2, -0.15) is 4.98 Å². The topological polar surface area (TPSA) is 70.1 Å². The molecule has 6 heteroatoms.